The minimum Gasteiger partial charge on any atom is -0.246 e. The van der Waals surface area contributed by atoms with E-state index in [-0.39, 0.29) is 34.1 Å². The highest BCUT2D eigenvalue weighted by Crippen LogP contribution is 2.24. The van der Waals surface area contributed by atoms with E-state index < -0.39 is 17.1 Å². The van der Waals surface area contributed by atoms with Crippen LogP contribution in [0.1, 0.15) is 16.7 Å². The van der Waals surface area contributed by atoms with Crippen LogP contribution in [0, 0.1) is 35.5 Å². The lowest BCUT2D eigenvalue weighted by Crippen LogP contribution is -2.52. The van der Waals surface area contributed by atoms with Crippen LogP contribution in [0.25, 0.3) is 17.1 Å². The summed E-state index contributed by atoms with van der Waals surface area (Å²) in [6.07, 6.45) is 0. The van der Waals surface area contributed by atoms with Crippen molar-refractivity contribution in [3.05, 3.63) is 117 Å². The molecule has 0 unspecified atom stereocenters. The molecule has 0 aliphatic heterocycles. The van der Waals surface area contributed by atoms with Crippen LogP contribution in [0.2, 0.25) is 0 Å². The van der Waals surface area contributed by atoms with Crippen molar-refractivity contribution < 1.29 is 0 Å². The molecule has 12 heteroatoms. The zero-order valence-corrected chi connectivity index (χ0v) is 19.3. The third kappa shape index (κ3) is 3.90. The summed E-state index contributed by atoms with van der Waals surface area (Å²) in [6, 6.07) is 12.5. The molecule has 0 aliphatic rings. The molecule has 36 heavy (non-hydrogen) atoms. The molecule has 3 aromatic carbocycles. The lowest BCUT2D eigenvalue weighted by molar-refractivity contribution is 0.659. The molecule has 0 saturated carbocycles. The first-order valence-electron chi connectivity index (χ1n) is 10.6. The first-order valence-corrected chi connectivity index (χ1v) is 10.6. The fourth-order valence-corrected chi connectivity index (χ4v) is 3.71. The number of nitrogens with zero attached hydrogens (tertiary/aromatic N) is 6. The number of hydrogen-bond acceptors (Lipinski definition) is 9. The molecule has 1 heterocycles. The number of nitroso groups, excluding NO2 is 3. The minimum absolute atomic E-state index is 0.00588. The van der Waals surface area contributed by atoms with E-state index in [4.69, 9.17) is 0 Å². The molecule has 0 amide bonds. The number of benzene rings is 3. The Morgan fingerprint density at radius 3 is 0.944 bits per heavy atom. The molecule has 4 aromatic rings. The second-order valence-electron chi connectivity index (χ2n) is 8.04. The van der Waals surface area contributed by atoms with Gasteiger partial charge in [0, 0.05) is 0 Å². The van der Waals surface area contributed by atoms with E-state index in [1.807, 2.05) is 0 Å². The highest BCUT2D eigenvalue weighted by molar-refractivity contribution is 5.55. The summed E-state index contributed by atoms with van der Waals surface area (Å²) < 4.78 is 2.08. The van der Waals surface area contributed by atoms with Crippen LogP contribution in [-0.4, -0.2) is 13.7 Å². The number of aromatic nitrogens is 3. The van der Waals surface area contributed by atoms with Crippen molar-refractivity contribution >= 4 is 17.1 Å². The van der Waals surface area contributed by atoms with Gasteiger partial charge in [-0.15, -0.1) is 14.7 Å². The maximum Gasteiger partial charge on any atom is 0.345 e. The van der Waals surface area contributed by atoms with Crippen molar-refractivity contribution in [2.45, 2.75) is 20.8 Å². The van der Waals surface area contributed by atoms with Gasteiger partial charge in [-0.05, 0) is 89.4 Å². The van der Waals surface area contributed by atoms with E-state index in [2.05, 4.69) is 15.5 Å². The Hall–Kier alpha value is -5.13. The van der Waals surface area contributed by atoms with Gasteiger partial charge in [0.05, 0.1) is 17.1 Å². The Morgan fingerprint density at radius 2 is 0.722 bits per heavy atom. The Balaban J connectivity index is 2.19. The van der Waals surface area contributed by atoms with Crippen LogP contribution in [0.4, 0.5) is 17.1 Å². The summed E-state index contributed by atoms with van der Waals surface area (Å²) >= 11 is 0. The third-order valence-corrected chi connectivity index (χ3v) is 5.80. The van der Waals surface area contributed by atoms with Crippen molar-refractivity contribution in [1.82, 2.24) is 13.7 Å². The molecule has 4 rings (SSSR count). The van der Waals surface area contributed by atoms with Gasteiger partial charge >= 0.3 is 17.1 Å². The summed E-state index contributed by atoms with van der Waals surface area (Å²) in [7, 11) is 0. The average Bonchev–Trinajstić information content (AvgIpc) is 2.86. The van der Waals surface area contributed by atoms with E-state index in [0.717, 1.165) is 0 Å². The number of rotatable bonds is 6. The second kappa shape index (κ2) is 9.25. The molecular formula is C24H18N6O6. The molecule has 12 nitrogen and oxygen atoms in total. The first kappa shape index (κ1) is 24.0. The fraction of sp³-hybridized carbons (Fsp3) is 0.125. The van der Waals surface area contributed by atoms with Gasteiger partial charge < -0.3 is 0 Å². The smallest absolute Gasteiger partial charge is 0.246 e. The summed E-state index contributed by atoms with van der Waals surface area (Å²) in [5.41, 5.74) is -1.70. The average molecular weight is 486 g/mol. The fourth-order valence-electron chi connectivity index (χ4n) is 3.71. The molecule has 0 N–H and O–H groups in total. The maximum atomic E-state index is 13.6. The van der Waals surface area contributed by atoms with Crippen molar-refractivity contribution in [3.63, 3.8) is 0 Å². The highest BCUT2D eigenvalue weighted by Gasteiger charge is 2.21. The summed E-state index contributed by atoms with van der Waals surface area (Å²) in [5.74, 6) is 0. The van der Waals surface area contributed by atoms with E-state index in [0.29, 0.717) is 30.4 Å². The molecule has 1 aromatic heterocycles. The molecule has 0 fully saturated rings. The SMILES string of the molecule is Cc1ccc(-n2c(=O)n(-c3ccc(C)c(N=O)c3)c(=O)n(-c3ccc(C)c(N=O)c3)c2=O)cc1N=O. The second-order valence-corrected chi connectivity index (χ2v) is 8.04. The van der Waals surface area contributed by atoms with Crippen LogP contribution in [0.5, 0.6) is 0 Å². The highest BCUT2D eigenvalue weighted by atomic mass is 16.3. The first-order chi connectivity index (χ1) is 17.2. The largest absolute Gasteiger partial charge is 0.345 e. The minimum atomic E-state index is -1.05. The Labute approximate surface area is 202 Å². The van der Waals surface area contributed by atoms with Gasteiger partial charge in [0.1, 0.15) is 17.1 Å². The van der Waals surface area contributed by atoms with Gasteiger partial charge in [-0.2, -0.15) is 0 Å². The molecule has 0 radical (unpaired) electrons. The molecule has 180 valence electrons. The Bertz CT molecular complexity index is 1510. The number of aryl methyl sites for hydroxylation is 3. The van der Waals surface area contributed by atoms with Crippen molar-refractivity contribution in [2.24, 2.45) is 15.5 Å². The molecule has 0 atom stereocenters. The van der Waals surface area contributed by atoms with Crippen LogP contribution in [-0.2, 0) is 0 Å². The van der Waals surface area contributed by atoms with Gasteiger partial charge in [0.15, 0.2) is 0 Å². The van der Waals surface area contributed by atoms with Gasteiger partial charge in [-0.25, -0.2) is 28.1 Å². The molecule has 0 spiro atoms. The summed E-state index contributed by atoms with van der Waals surface area (Å²) in [6.45, 7) is 4.88. The number of hydrogen-bond donors (Lipinski definition) is 0. The normalized spacial score (nSPS) is 10.8. The van der Waals surface area contributed by atoms with Gasteiger partial charge in [0.2, 0.25) is 0 Å². The van der Waals surface area contributed by atoms with E-state index in [1.54, 1.807) is 20.8 Å². The molecule has 0 aliphatic carbocycles. The zero-order valence-electron chi connectivity index (χ0n) is 19.3. The van der Waals surface area contributed by atoms with Crippen molar-refractivity contribution in [2.75, 3.05) is 0 Å². The van der Waals surface area contributed by atoms with Crippen molar-refractivity contribution in [3.8, 4) is 17.1 Å². The van der Waals surface area contributed by atoms with Crippen LogP contribution >= 0.6 is 0 Å². The van der Waals surface area contributed by atoms with Gasteiger partial charge in [-0.1, -0.05) is 18.2 Å². The molecule has 0 saturated heterocycles. The van der Waals surface area contributed by atoms with E-state index >= 15 is 0 Å². The molecule has 0 bridgehead atoms. The van der Waals surface area contributed by atoms with Crippen LogP contribution in [0.15, 0.2) is 84.5 Å². The quantitative estimate of drug-likeness (QED) is 0.371. The molecular weight excluding hydrogens is 468 g/mol. The third-order valence-electron chi connectivity index (χ3n) is 5.80. The standard InChI is InChI=1S/C24H18N6O6/c1-13-4-7-16(10-19(13)25-34)28-22(31)29(17-8-5-14(2)20(11-17)26-35)24(33)30(23(28)32)18-9-6-15(3)21(12-18)27-36/h4-12H,1-3H3. The summed E-state index contributed by atoms with van der Waals surface area (Å²) in [4.78, 5) is 74.5. The maximum absolute atomic E-state index is 13.6. The predicted molar refractivity (Wildman–Crippen MR) is 134 cm³/mol. The van der Waals surface area contributed by atoms with Crippen LogP contribution < -0.4 is 17.1 Å². The predicted octanol–water partition coefficient (Wildman–Crippen LogP) is 4.26. The lowest BCUT2D eigenvalue weighted by Gasteiger charge is -2.15. The van der Waals surface area contributed by atoms with E-state index in [1.165, 1.54) is 54.6 Å². The Morgan fingerprint density at radius 1 is 0.472 bits per heavy atom. The topological polar surface area (TPSA) is 154 Å². The van der Waals surface area contributed by atoms with Crippen molar-refractivity contribution in [1.29, 1.82) is 0 Å². The van der Waals surface area contributed by atoms with E-state index in [9.17, 15) is 29.1 Å². The lowest BCUT2D eigenvalue weighted by atomic mass is 10.1. The zero-order chi connectivity index (χ0) is 26.1. The van der Waals surface area contributed by atoms with Gasteiger partial charge in [-0.3, -0.25) is 0 Å². The summed E-state index contributed by atoms with van der Waals surface area (Å²) in [5, 5.41) is 8.77. The van der Waals surface area contributed by atoms with Gasteiger partial charge in [0.25, 0.3) is 0 Å². The monoisotopic (exact) mass is 486 g/mol. The Kier molecular flexibility index (Phi) is 6.17. The van der Waals surface area contributed by atoms with Crippen LogP contribution in [0.3, 0.4) is 0 Å².